The highest BCUT2D eigenvalue weighted by Crippen LogP contribution is 2.39. The fourth-order valence-corrected chi connectivity index (χ4v) is 4.16. The van der Waals surface area contributed by atoms with Crippen molar-refractivity contribution in [2.24, 2.45) is 0 Å². The molecule has 1 saturated heterocycles. The lowest BCUT2D eigenvalue weighted by Gasteiger charge is -2.28. The number of nitrogens with zero attached hydrogens (tertiary/aromatic N) is 1. The maximum Gasteiger partial charge on any atom is 0.290 e. The SMILES string of the molecule is Cc1ccc([C@H]2C(C(=O)c3ccco3)=C(O)C(=O)N2CCC[NH+]2CCOCC2)cc1. The molecule has 3 heterocycles. The third-order valence-corrected chi connectivity index (χ3v) is 5.82. The molecular formula is C23H27N2O5+. The molecule has 7 nitrogen and oxygen atoms in total. The average Bonchev–Trinajstić information content (AvgIpc) is 3.38. The van der Waals surface area contributed by atoms with Gasteiger partial charge in [-0.2, -0.15) is 0 Å². The van der Waals surface area contributed by atoms with E-state index < -0.39 is 23.5 Å². The van der Waals surface area contributed by atoms with Crippen LogP contribution in [0.4, 0.5) is 0 Å². The van der Waals surface area contributed by atoms with Gasteiger partial charge in [-0.3, -0.25) is 9.59 Å². The first-order valence-electron chi connectivity index (χ1n) is 10.4. The quantitative estimate of drug-likeness (QED) is 0.674. The fraction of sp³-hybridized carbons (Fsp3) is 0.391. The van der Waals surface area contributed by atoms with Gasteiger partial charge in [-0.1, -0.05) is 29.8 Å². The van der Waals surface area contributed by atoms with Gasteiger partial charge in [0.2, 0.25) is 5.78 Å². The van der Waals surface area contributed by atoms with Gasteiger partial charge in [-0.25, -0.2) is 0 Å². The average molecular weight is 411 g/mol. The Bertz CT molecular complexity index is 927. The van der Waals surface area contributed by atoms with Gasteiger partial charge in [0.1, 0.15) is 13.1 Å². The molecule has 30 heavy (non-hydrogen) atoms. The number of carbonyl (C=O) groups excluding carboxylic acids is 2. The van der Waals surface area contributed by atoms with Gasteiger partial charge >= 0.3 is 0 Å². The molecule has 1 atom stereocenters. The van der Waals surface area contributed by atoms with Crippen LogP contribution >= 0.6 is 0 Å². The Kier molecular flexibility index (Phi) is 6.01. The predicted octanol–water partition coefficient (Wildman–Crippen LogP) is 1.47. The number of hydrogen-bond acceptors (Lipinski definition) is 5. The summed E-state index contributed by atoms with van der Waals surface area (Å²) in [5.74, 6) is -1.34. The number of morpholine rings is 1. The smallest absolute Gasteiger partial charge is 0.290 e. The molecule has 7 heteroatoms. The molecule has 2 aromatic rings. The van der Waals surface area contributed by atoms with E-state index in [0.717, 1.165) is 50.4 Å². The second-order valence-electron chi connectivity index (χ2n) is 7.85. The number of Topliss-reactive ketones (excluding diaryl/α,β-unsaturated/α-hetero) is 1. The number of furan rings is 1. The zero-order valence-corrected chi connectivity index (χ0v) is 17.1. The number of hydrogen-bond donors (Lipinski definition) is 2. The minimum absolute atomic E-state index is 0.0810. The standard InChI is InChI=1S/C23H26N2O5/c1-16-5-7-17(8-6-16)20-19(21(26)18-4-2-13-30-18)22(27)23(28)25(20)10-3-9-24-11-14-29-15-12-24/h2,4-8,13,20,27H,3,9-12,14-15H2,1H3/p+1/t20-/m0/s1. The van der Waals surface area contributed by atoms with Gasteiger partial charge in [0.05, 0.1) is 37.6 Å². The number of aliphatic hydroxyl groups excluding tert-OH is 1. The van der Waals surface area contributed by atoms with E-state index in [1.54, 1.807) is 17.0 Å². The lowest BCUT2D eigenvalue weighted by Crippen LogP contribution is -3.14. The summed E-state index contributed by atoms with van der Waals surface area (Å²) in [5.41, 5.74) is 1.96. The Hall–Kier alpha value is -2.90. The topological polar surface area (TPSA) is 84.4 Å². The summed E-state index contributed by atoms with van der Waals surface area (Å²) in [7, 11) is 0. The maximum atomic E-state index is 13.1. The summed E-state index contributed by atoms with van der Waals surface area (Å²) in [5, 5.41) is 10.6. The van der Waals surface area contributed by atoms with Crippen LogP contribution in [0.5, 0.6) is 0 Å². The number of ketones is 1. The molecule has 0 bridgehead atoms. The van der Waals surface area contributed by atoms with Crippen molar-refractivity contribution in [2.75, 3.05) is 39.4 Å². The summed E-state index contributed by atoms with van der Waals surface area (Å²) in [6, 6.07) is 10.2. The minimum atomic E-state index is -0.629. The fourth-order valence-electron chi connectivity index (χ4n) is 4.16. The van der Waals surface area contributed by atoms with Gasteiger partial charge in [-0.15, -0.1) is 0 Å². The molecule has 0 saturated carbocycles. The molecule has 1 aromatic heterocycles. The first-order valence-corrected chi connectivity index (χ1v) is 10.4. The first-order chi connectivity index (χ1) is 14.6. The van der Waals surface area contributed by atoms with Crippen molar-refractivity contribution in [1.82, 2.24) is 4.90 Å². The molecule has 1 amide bonds. The highest BCUT2D eigenvalue weighted by molar-refractivity contribution is 6.15. The number of aliphatic hydroxyl groups is 1. The van der Waals surface area contributed by atoms with Gasteiger partial charge in [-0.05, 0) is 24.6 Å². The normalized spacial score (nSPS) is 20.2. The molecule has 158 valence electrons. The van der Waals surface area contributed by atoms with Crippen molar-refractivity contribution in [1.29, 1.82) is 0 Å². The molecule has 2 N–H and O–H groups in total. The van der Waals surface area contributed by atoms with Crippen LogP contribution in [0.25, 0.3) is 0 Å². The summed E-state index contributed by atoms with van der Waals surface area (Å²) in [6.07, 6.45) is 2.18. The van der Waals surface area contributed by atoms with Crippen LogP contribution in [0, 0.1) is 6.92 Å². The number of amides is 1. The number of benzene rings is 1. The number of quaternary nitrogens is 1. The highest BCUT2D eigenvalue weighted by atomic mass is 16.5. The van der Waals surface area contributed by atoms with Gasteiger partial charge < -0.3 is 24.1 Å². The number of aryl methyl sites for hydroxylation is 1. The monoisotopic (exact) mass is 411 g/mol. The van der Waals surface area contributed by atoms with E-state index >= 15 is 0 Å². The molecule has 2 aliphatic rings. The zero-order valence-electron chi connectivity index (χ0n) is 17.1. The molecule has 4 rings (SSSR count). The predicted molar refractivity (Wildman–Crippen MR) is 109 cm³/mol. The number of ether oxygens (including phenoxy) is 1. The summed E-state index contributed by atoms with van der Waals surface area (Å²) in [4.78, 5) is 29.1. The van der Waals surface area contributed by atoms with Crippen molar-refractivity contribution < 1.29 is 28.7 Å². The van der Waals surface area contributed by atoms with E-state index in [4.69, 9.17) is 9.15 Å². The second kappa shape index (κ2) is 8.85. The molecule has 2 aliphatic heterocycles. The third-order valence-electron chi connectivity index (χ3n) is 5.82. The summed E-state index contributed by atoms with van der Waals surface area (Å²) >= 11 is 0. The first kappa shape index (κ1) is 20.4. The number of rotatable bonds is 7. The summed E-state index contributed by atoms with van der Waals surface area (Å²) in [6.45, 7) is 6.79. The third kappa shape index (κ3) is 4.04. The lowest BCUT2D eigenvalue weighted by atomic mass is 9.94. The molecule has 1 fully saturated rings. The highest BCUT2D eigenvalue weighted by Gasteiger charge is 2.44. The maximum absolute atomic E-state index is 13.1. The minimum Gasteiger partial charge on any atom is -0.503 e. The van der Waals surface area contributed by atoms with Crippen LogP contribution in [0.1, 0.15) is 34.1 Å². The van der Waals surface area contributed by atoms with Crippen molar-refractivity contribution in [2.45, 2.75) is 19.4 Å². The van der Waals surface area contributed by atoms with Gasteiger partial charge in [0.25, 0.3) is 5.91 Å². The van der Waals surface area contributed by atoms with Crippen LogP contribution in [0.15, 0.2) is 58.4 Å². The van der Waals surface area contributed by atoms with Crippen LogP contribution in [-0.4, -0.2) is 61.1 Å². The van der Waals surface area contributed by atoms with Gasteiger partial charge in [0, 0.05) is 13.0 Å². The Morgan fingerprint density at radius 1 is 1.20 bits per heavy atom. The second-order valence-corrected chi connectivity index (χ2v) is 7.85. The number of nitrogens with one attached hydrogen (secondary N) is 1. The Balaban J connectivity index is 1.59. The molecule has 0 unspecified atom stereocenters. The Morgan fingerprint density at radius 3 is 2.60 bits per heavy atom. The van der Waals surface area contributed by atoms with Crippen molar-refractivity contribution in [3.63, 3.8) is 0 Å². The molecule has 1 aromatic carbocycles. The van der Waals surface area contributed by atoms with Crippen LogP contribution in [0.3, 0.4) is 0 Å². The van der Waals surface area contributed by atoms with E-state index in [2.05, 4.69) is 0 Å². The molecule has 0 spiro atoms. The van der Waals surface area contributed by atoms with E-state index in [0.29, 0.717) is 6.54 Å². The van der Waals surface area contributed by atoms with Gasteiger partial charge in [0.15, 0.2) is 11.5 Å². The number of carbonyl (C=O) groups is 2. The largest absolute Gasteiger partial charge is 0.503 e. The van der Waals surface area contributed by atoms with Crippen molar-refractivity contribution in [3.8, 4) is 0 Å². The molecule has 0 aliphatic carbocycles. The zero-order chi connectivity index (χ0) is 21.1. The molecular weight excluding hydrogens is 384 g/mol. The van der Waals surface area contributed by atoms with E-state index in [-0.39, 0.29) is 11.3 Å². The molecule has 0 radical (unpaired) electrons. The Morgan fingerprint density at radius 2 is 1.93 bits per heavy atom. The van der Waals surface area contributed by atoms with E-state index in [1.165, 1.54) is 11.2 Å². The van der Waals surface area contributed by atoms with Crippen LogP contribution in [-0.2, 0) is 9.53 Å². The van der Waals surface area contributed by atoms with Crippen LogP contribution < -0.4 is 4.90 Å². The Labute approximate surface area is 175 Å². The van der Waals surface area contributed by atoms with Crippen molar-refractivity contribution >= 4 is 11.7 Å². The van der Waals surface area contributed by atoms with E-state index in [9.17, 15) is 14.7 Å². The van der Waals surface area contributed by atoms with Crippen LogP contribution in [0.2, 0.25) is 0 Å². The van der Waals surface area contributed by atoms with E-state index in [1.807, 2.05) is 31.2 Å². The lowest BCUT2D eigenvalue weighted by molar-refractivity contribution is -0.908. The van der Waals surface area contributed by atoms with Crippen molar-refractivity contribution in [3.05, 3.63) is 70.9 Å². The summed E-state index contributed by atoms with van der Waals surface area (Å²) < 4.78 is 10.6.